The van der Waals surface area contributed by atoms with Gasteiger partial charge in [-0.05, 0) is 41.8 Å². The number of hydrazone groups is 1. The molecule has 0 saturated carbocycles. The van der Waals surface area contributed by atoms with Crippen LogP contribution < -0.4 is 10.3 Å². The second-order valence-electron chi connectivity index (χ2n) is 6.81. The summed E-state index contributed by atoms with van der Waals surface area (Å²) >= 11 is 0. The topological polar surface area (TPSA) is 53.9 Å². The van der Waals surface area contributed by atoms with Crippen LogP contribution in [-0.4, -0.2) is 38.4 Å². The number of rotatable bonds is 5. The van der Waals surface area contributed by atoms with Crippen molar-refractivity contribution in [1.29, 1.82) is 0 Å². The number of carbonyl (C=O) groups is 1. The van der Waals surface area contributed by atoms with E-state index >= 15 is 0 Å². The molecule has 0 atom stereocenters. The molecule has 1 fully saturated rings. The fraction of sp³-hybridized carbons (Fsp3) is 0.333. The van der Waals surface area contributed by atoms with Crippen LogP contribution in [-0.2, 0) is 22.1 Å². The van der Waals surface area contributed by atoms with Gasteiger partial charge in [-0.25, -0.2) is 5.43 Å². The minimum Gasteiger partial charge on any atom is -0.378 e. The highest BCUT2D eigenvalue weighted by molar-refractivity contribution is 5.85. The Bertz CT molecular complexity index is 891. The number of morpholine rings is 1. The highest BCUT2D eigenvalue weighted by Gasteiger charge is 2.30. The number of benzene rings is 2. The van der Waals surface area contributed by atoms with Crippen molar-refractivity contribution >= 4 is 17.8 Å². The molecule has 0 aliphatic carbocycles. The van der Waals surface area contributed by atoms with Crippen LogP contribution in [0.25, 0.3) is 0 Å². The predicted molar refractivity (Wildman–Crippen MR) is 105 cm³/mol. The molecule has 0 bridgehead atoms. The Morgan fingerprint density at radius 2 is 1.97 bits per heavy atom. The van der Waals surface area contributed by atoms with Crippen molar-refractivity contribution in [2.75, 3.05) is 31.2 Å². The number of hydrogen-bond acceptors (Lipinski definition) is 4. The summed E-state index contributed by atoms with van der Waals surface area (Å²) in [6, 6.07) is 10.7. The smallest absolute Gasteiger partial charge is 0.378 e. The van der Waals surface area contributed by atoms with Gasteiger partial charge in [0.25, 0.3) is 0 Å². The Labute approximate surface area is 167 Å². The number of anilines is 1. The van der Waals surface area contributed by atoms with Crippen LogP contribution in [0.2, 0.25) is 0 Å². The normalized spacial score (nSPS) is 15.0. The van der Waals surface area contributed by atoms with E-state index in [1.54, 1.807) is 0 Å². The van der Waals surface area contributed by atoms with E-state index in [9.17, 15) is 18.0 Å². The number of ether oxygens (including phenoxy) is 1. The maximum absolute atomic E-state index is 12.7. The summed E-state index contributed by atoms with van der Waals surface area (Å²) in [7, 11) is 0. The highest BCUT2D eigenvalue weighted by Crippen LogP contribution is 2.29. The molecule has 1 aliphatic heterocycles. The third kappa shape index (κ3) is 5.80. The summed E-state index contributed by atoms with van der Waals surface area (Å²) in [4.78, 5) is 14.2. The van der Waals surface area contributed by atoms with Crippen molar-refractivity contribution in [3.05, 3.63) is 64.7 Å². The molecular weight excluding hydrogens is 383 g/mol. The minimum absolute atomic E-state index is 0.184. The molecule has 1 N–H and O–H groups in total. The monoisotopic (exact) mass is 405 g/mol. The summed E-state index contributed by atoms with van der Waals surface area (Å²) < 4.78 is 43.6. The molecular formula is C21H22F3N3O2. The molecule has 0 aromatic heterocycles. The standard InChI is InChI=1S/C21H22F3N3O2/c1-15-11-19(27-7-9-29-10-8-27)6-5-17(15)14-25-26-20(28)13-16-3-2-4-18(12-16)21(22,23)24/h2-6,11-12,14H,7-10,13H2,1H3,(H,26,28)/b25-14+. The molecule has 2 aromatic rings. The van der Waals surface area contributed by atoms with Gasteiger partial charge >= 0.3 is 6.18 Å². The van der Waals surface area contributed by atoms with E-state index in [1.165, 1.54) is 18.3 Å². The average Bonchev–Trinajstić information content (AvgIpc) is 2.69. The minimum atomic E-state index is -4.43. The molecule has 1 aliphatic rings. The van der Waals surface area contributed by atoms with Crippen LogP contribution in [0, 0.1) is 6.92 Å². The number of carbonyl (C=O) groups excluding carboxylic acids is 1. The van der Waals surface area contributed by atoms with Crippen molar-refractivity contribution in [2.24, 2.45) is 5.10 Å². The summed E-state index contributed by atoms with van der Waals surface area (Å²) in [6.45, 7) is 5.06. The summed E-state index contributed by atoms with van der Waals surface area (Å²) in [5.41, 5.74) is 4.83. The highest BCUT2D eigenvalue weighted by atomic mass is 19.4. The van der Waals surface area contributed by atoms with Crippen LogP contribution in [0.4, 0.5) is 18.9 Å². The lowest BCUT2D eigenvalue weighted by atomic mass is 10.1. The van der Waals surface area contributed by atoms with Crippen molar-refractivity contribution in [3.8, 4) is 0 Å². The van der Waals surface area contributed by atoms with E-state index in [4.69, 9.17) is 4.74 Å². The molecule has 154 valence electrons. The first-order valence-corrected chi connectivity index (χ1v) is 9.24. The van der Waals surface area contributed by atoms with E-state index in [2.05, 4.69) is 21.5 Å². The van der Waals surface area contributed by atoms with Crippen molar-refractivity contribution in [3.63, 3.8) is 0 Å². The van der Waals surface area contributed by atoms with Gasteiger partial charge in [-0.3, -0.25) is 4.79 Å². The molecule has 1 saturated heterocycles. The van der Waals surface area contributed by atoms with Gasteiger partial charge in [0, 0.05) is 18.8 Å². The first kappa shape index (κ1) is 20.9. The first-order chi connectivity index (χ1) is 13.8. The fourth-order valence-electron chi connectivity index (χ4n) is 3.08. The van der Waals surface area contributed by atoms with E-state index in [0.29, 0.717) is 13.2 Å². The number of hydrogen-bond donors (Lipinski definition) is 1. The van der Waals surface area contributed by atoms with Gasteiger partial charge in [0.05, 0.1) is 31.4 Å². The van der Waals surface area contributed by atoms with Gasteiger partial charge in [0.1, 0.15) is 0 Å². The lowest BCUT2D eigenvalue weighted by molar-refractivity contribution is -0.137. The Balaban J connectivity index is 1.57. The van der Waals surface area contributed by atoms with Crippen LogP contribution in [0.3, 0.4) is 0 Å². The predicted octanol–water partition coefficient (Wildman–Crippen LogP) is 3.54. The van der Waals surface area contributed by atoms with Crippen molar-refractivity contribution < 1.29 is 22.7 Å². The summed E-state index contributed by atoms with van der Waals surface area (Å²) in [5.74, 6) is -0.483. The Kier molecular flexibility index (Phi) is 6.53. The Morgan fingerprint density at radius 1 is 1.21 bits per heavy atom. The lowest BCUT2D eigenvalue weighted by Gasteiger charge is -2.29. The SMILES string of the molecule is Cc1cc(N2CCOCC2)ccc1/C=N/NC(=O)Cc1cccc(C(F)(F)F)c1. The molecule has 0 spiro atoms. The average molecular weight is 405 g/mol. The first-order valence-electron chi connectivity index (χ1n) is 9.24. The number of amides is 1. The second kappa shape index (κ2) is 9.09. The molecule has 29 heavy (non-hydrogen) atoms. The molecule has 3 rings (SSSR count). The molecule has 0 unspecified atom stereocenters. The number of nitrogens with one attached hydrogen (secondary N) is 1. The summed E-state index contributed by atoms with van der Waals surface area (Å²) in [5, 5.41) is 3.93. The quantitative estimate of drug-likeness (QED) is 0.612. The van der Waals surface area contributed by atoms with Gasteiger partial charge in [0.15, 0.2) is 0 Å². The second-order valence-corrected chi connectivity index (χ2v) is 6.81. The molecule has 1 heterocycles. The molecule has 0 radical (unpaired) electrons. The van der Waals surface area contributed by atoms with Gasteiger partial charge in [-0.1, -0.05) is 24.3 Å². The third-order valence-electron chi connectivity index (χ3n) is 4.64. The van der Waals surface area contributed by atoms with Gasteiger partial charge in [0.2, 0.25) is 5.91 Å². The van der Waals surface area contributed by atoms with E-state index in [1.807, 2.05) is 19.1 Å². The van der Waals surface area contributed by atoms with Crippen LogP contribution in [0.1, 0.15) is 22.3 Å². The zero-order valence-corrected chi connectivity index (χ0v) is 16.0. The molecule has 2 aromatic carbocycles. The zero-order chi connectivity index (χ0) is 20.9. The molecule has 8 heteroatoms. The van der Waals surface area contributed by atoms with Crippen LogP contribution in [0.5, 0.6) is 0 Å². The fourth-order valence-corrected chi connectivity index (χ4v) is 3.08. The lowest BCUT2D eigenvalue weighted by Crippen LogP contribution is -2.36. The number of nitrogens with zero attached hydrogens (tertiary/aromatic N) is 2. The van der Waals surface area contributed by atoms with Crippen LogP contribution >= 0.6 is 0 Å². The van der Waals surface area contributed by atoms with Crippen molar-refractivity contribution in [1.82, 2.24) is 5.43 Å². The summed E-state index contributed by atoms with van der Waals surface area (Å²) in [6.07, 6.45) is -3.09. The van der Waals surface area contributed by atoms with E-state index in [0.717, 1.165) is 42.0 Å². The van der Waals surface area contributed by atoms with Crippen LogP contribution in [0.15, 0.2) is 47.6 Å². The van der Waals surface area contributed by atoms with Gasteiger partial charge < -0.3 is 9.64 Å². The third-order valence-corrected chi connectivity index (χ3v) is 4.64. The zero-order valence-electron chi connectivity index (χ0n) is 16.0. The van der Waals surface area contributed by atoms with E-state index in [-0.39, 0.29) is 12.0 Å². The number of aryl methyl sites for hydroxylation is 1. The number of alkyl halides is 3. The maximum Gasteiger partial charge on any atom is 0.416 e. The van der Waals surface area contributed by atoms with E-state index < -0.39 is 17.6 Å². The Hall–Kier alpha value is -2.87. The number of halogens is 3. The molecule has 1 amide bonds. The maximum atomic E-state index is 12.7. The van der Waals surface area contributed by atoms with Gasteiger partial charge in [-0.15, -0.1) is 0 Å². The van der Waals surface area contributed by atoms with Crippen molar-refractivity contribution in [2.45, 2.75) is 19.5 Å². The van der Waals surface area contributed by atoms with Gasteiger partial charge in [-0.2, -0.15) is 18.3 Å². The largest absolute Gasteiger partial charge is 0.416 e. The molecule has 5 nitrogen and oxygen atoms in total. The Morgan fingerprint density at radius 3 is 2.66 bits per heavy atom.